The number of carbonyl (C=O) groups excluding carboxylic acids is 2. The number of amides is 2. The minimum Gasteiger partial charge on any atom is -0.368 e. The predicted molar refractivity (Wildman–Crippen MR) is 45.1 cm³/mol. The first kappa shape index (κ1) is 10.9. The number of nitrogens with one attached hydrogen (secondary N) is 1. The summed E-state index contributed by atoms with van der Waals surface area (Å²) in [6, 6.07) is -0.533. The molecular formula is C7H15N3O2. The van der Waals surface area contributed by atoms with Gasteiger partial charge >= 0.3 is 0 Å². The zero-order valence-corrected chi connectivity index (χ0v) is 7.17. The summed E-state index contributed by atoms with van der Waals surface area (Å²) in [5, 5.41) is 2.33. The standard InChI is InChI=1S/C7H15N3O2/c1-2-3-5(8)7(12)10-4-6(9)11/h5H,2-4,8H2,1H3,(H2,9,11)(H,10,12)/t5-/m0/s1. The Morgan fingerprint density at radius 3 is 2.50 bits per heavy atom. The molecule has 0 aromatic carbocycles. The highest BCUT2D eigenvalue weighted by Gasteiger charge is 2.11. The van der Waals surface area contributed by atoms with Gasteiger partial charge in [-0.3, -0.25) is 9.59 Å². The van der Waals surface area contributed by atoms with Crippen LogP contribution >= 0.6 is 0 Å². The van der Waals surface area contributed by atoms with Gasteiger partial charge in [0.05, 0.1) is 12.6 Å². The third-order valence-electron chi connectivity index (χ3n) is 1.37. The van der Waals surface area contributed by atoms with Crippen molar-refractivity contribution in [3.63, 3.8) is 0 Å². The summed E-state index contributed by atoms with van der Waals surface area (Å²) < 4.78 is 0. The first-order valence-electron chi connectivity index (χ1n) is 3.89. The van der Waals surface area contributed by atoms with Gasteiger partial charge in [-0.2, -0.15) is 0 Å². The Hall–Kier alpha value is -1.10. The maximum atomic E-state index is 11.0. The van der Waals surface area contributed by atoms with Crippen molar-refractivity contribution in [2.75, 3.05) is 6.54 Å². The van der Waals surface area contributed by atoms with Crippen LogP contribution in [0.4, 0.5) is 0 Å². The highest BCUT2D eigenvalue weighted by atomic mass is 16.2. The van der Waals surface area contributed by atoms with Gasteiger partial charge < -0.3 is 16.8 Å². The number of hydrogen-bond acceptors (Lipinski definition) is 3. The van der Waals surface area contributed by atoms with Gasteiger partial charge in [0.1, 0.15) is 0 Å². The Labute approximate surface area is 71.5 Å². The highest BCUT2D eigenvalue weighted by Crippen LogP contribution is 1.91. The zero-order chi connectivity index (χ0) is 9.56. The van der Waals surface area contributed by atoms with Crippen molar-refractivity contribution < 1.29 is 9.59 Å². The molecule has 5 nitrogen and oxygen atoms in total. The van der Waals surface area contributed by atoms with Crippen LogP contribution in [-0.2, 0) is 9.59 Å². The van der Waals surface area contributed by atoms with Crippen molar-refractivity contribution in [1.29, 1.82) is 0 Å². The molecule has 0 saturated carbocycles. The first-order chi connectivity index (χ1) is 5.57. The second-order valence-corrected chi connectivity index (χ2v) is 2.58. The first-order valence-corrected chi connectivity index (χ1v) is 3.89. The maximum Gasteiger partial charge on any atom is 0.237 e. The SMILES string of the molecule is CCC[C@H](N)C(=O)NCC(N)=O. The Bertz CT molecular complexity index is 170. The molecule has 12 heavy (non-hydrogen) atoms. The molecule has 1 atom stereocenters. The van der Waals surface area contributed by atoms with Crippen LogP contribution in [0.2, 0.25) is 0 Å². The predicted octanol–water partition coefficient (Wildman–Crippen LogP) is -1.28. The second-order valence-electron chi connectivity index (χ2n) is 2.58. The molecule has 0 saturated heterocycles. The summed E-state index contributed by atoms with van der Waals surface area (Å²) in [4.78, 5) is 21.2. The molecule has 0 radical (unpaired) electrons. The molecule has 0 aromatic rings. The van der Waals surface area contributed by atoms with Gasteiger partial charge in [-0.05, 0) is 6.42 Å². The van der Waals surface area contributed by atoms with Gasteiger partial charge in [-0.1, -0.05) is 13.3 Å². The summed E-state index contributed by atoms with van der Waals surface area (Å²) in [7, 11) is 0. The van der Waals surface area contributed by atoms with Crippen LogP contribution in [0.15, 0.2) is 0 Å². The number of primary amides is 1. The second kappa shape index (κ2) is 5.54. The molecule has 0 aromatic heterocycles. The van der Waals surface area contributed by atoms with Gasteiger partial charge in [0.2, 0.25) is 11.8 Å². The van der Waals surface area contributed by atoms with Crippen molar-refractivity contribution >= 4 is 11.8 Å². The van der Waals surface area contributed by atoms with Crippen molar-refractivity contribution in [1.82, 2.24) is 5.32 Å². The van der Waals surface area contributed by atoms with Gasteiger partial charge in [-0.25, -0.2) is 0 Å². The van der Waals surface area contributed by atoms with E-state index in [1.54, 1.807) is 0 Å². The largest absolute Gasteiger partial charge is 0.368 e. The molecule has 0 rings (SSSR count). The molecule has 5 heteroatoms. The maximum absolute atomic E-state index is 11.0. The topological polar surface area (TPSA) is 98.2 Å². The van der Waals surface area contributed by atoms with E-state index in [0.29, 0.717) is 6.42 Å². The monoisotopic (exact) mass is 173 g/mol. The van der Waals surface area contributed by atoms with E-state index in [1.807, 2.05) is 6.92 Å². The molecule has 2 amide bonds. The van der Waals surface area contributed by atoms with Gasteiger partial charge in [0.25, 0.3) is 0 Å². The zero-order valence-electron chi connectivity index (χ0n) is 7.17. The molecule has 70 valence electrons. The average molecular weight is 173 g/mol. The lowest BCUT2D eigenvalue weighted by Crippen LogP contribution is -2.43. The number of nitrogens with two attached hydrogens (primary N) is 2. The normalized spacial score (nSPS) is 12.2. The van der Waals surface area contributed by atoms with E-state index in [2.05, 4.69) is 5.32 Å². The van der Waals surface area contributed by atoms with Crippen LogP contribution < -0.4 is 16.8 Å². The summed E-state index contributed by atoms with van der Waals surface area (Å²) in [5.41, 5.74) is 10.3. The Kier molecular flexibility index (Phi) is 5.03. The number of hydrogen-bond donors (Lipinski definition) is 3. The fourth-order valence-electron chi connectivity index (χ4n) is 0.747. The van der Waals surface area contributed by atoms with Crippen LogP contribution in [0.3, 0.4) is 0 Å². The fraction of sp³-hybridized carbons (Fsp3) is 0.714. The van der Waals surface area contributed by atoms with Crippen LogP contribution in [0.5, 0.6) is 0 Å². The molecular weight excluding hydrogens is 158 g/mol. The molecule has 0 unspecified atom stereocenters. The summed E-state index contributed by atoms with van der Waals surface area (Å²) in [6.07, 6.45) is 1.45. The molecule has 0 aliphatic carbocycles. The van der Waals surface area contributed by atoms with Gasteiger partial charge in [0.15, 0.2) is 0 Å². The molecule has 0 heterocycles. The Morgan fingerprint density at radius 2 is 2.08 bits per heavy atom. The summed E-state index contributed by atoms with van der Waals surface area (Å²) in [6.45, 7) is 1.79. The number of carbonyl (C=O) groups is 2. The van der Waals surface area contributed by atoms with E-state index >= 15 is 0 Å². The van der Waals surface area contributed by atoms with Crippen LogP contribution in [-0.4, -0.2) is 24.4 Å². The minimum atomic E-state index is -0.563. The van der Waals surface area contributed by atoms with E-state index in [-0.39, 0.29) is 12.5 Å². The van der Waals surface area contributed by atoms with E-state index in [0.717, 1.165) is 6.42 Å². The lowest BCUT2D eigenvalue weighted by Gasteiger charge is -2.09. The highest BCUT2D eigenvalue weighted by molar-refractivity contribution is 5.86. The van der Waals surface area contributed by atoms with Crippen molar-refractivity contribution in [3.8, 4) is 0 Å². The average Bonchev–Trinajstić information content (AvgIpc) is 2.00. The molecule has 0 aliphatic heterocycles. The van der Waals surface area contributed by atoms with E-state index in [1.165, 1.54) is 0 Å². The smallest absolute Gasteiger partial charge is 0.237 e. The van der Waals surface area contributed by atoms with E-state index in [9.17, 15) is 9.59 Å². The Morgan fingerprint density at radius 1 is 1.50 bits per heavy atom. The molecule has 0 fully saturated rings. The van der Waals surface area contributed by atoms with Crippen LogP contribution in [0.25, 0.3) is 0 Å². The fourth-order valence-corrected chi connectivity index (χ4v) is 0.747. The van der Waals surface area contributed by atoms with E-state index in [4.69, 9.17) is 11.5 Å². The summed E-state index contributed by atoms with van der Waals surface area (Å²) in [5.74, 6) is -0.886. The molecule has 0 spiro atoms. The lowest BCUT2D eigenvalue weighted by molar-refractivity contribution is -0.125. The quantitative estimate of drug-likeness (QED) is 0.482. The van der Waals surface area contributed by atoms with Gasteiger partial charge in [0, 0.05) is 0 Å². The van der Waals surface area contributed by atoms with E-state index < -0.39 is 11.9 Å². The Balaban J connectivity index is 3.64. The van der Waals surface area contributed by atoms with Crippen LogP contribution in [0.1, 0.15) is 19.8 Å². The third kappa shape index (κ3) is 4.68. The minimum absolute atomic E-state index is 0.143. The lowest BCUT2D eigenvalue weighted by atomic mass is 10.2. The molecule has 0 aliphatic rings. The summed E-state index contributed by atoms with van der Waals surface area (Å²) >= 11 is 0. The molecule has 0 bridgehead atoms. The van der Waals surface area contributed by atoms with Crippen molar-refractivity contribution in [2.24, 2.45) is 11.5 Å². The third-order valence-corrected chi connectivity index (χ3v) is 1.37. The van der Waals surface area contributed by atoms with Gasteiger partial charge in [-0.15, -0.1) is 0 Å². The number of rotatable bonds is 5. The molecule has 5 N–H and O–H groups in total. The van der Waals surface area contributed by atoms with Crippen LogP contribution in [0, 0.1) is 0 Å². The van der Waals surface area contributed by atoms with Crippen molar-refractivity contribution in [2.45, 2.75) is 25.8 Å². The van der Waals surface area contributed by atoms with Crippen molar-refractivity contribution in [3.05, 3.63) is 0 Å².